The molecule has 1 unspecified atom stereocenters. The Balaban J connectivity index is 2.17. The lowest BCUT2D eigenvalue weighted by molar-refractivity contribution is -0.129. The summed E-state index contributed by atoms with van der Waals surface area (Å²) in [7, 11) is 0. The number of hydrogen-bond acceptors (Lipinski definition) is 3. The van der Waals surface area contributed by atoms with Crippen LogP contribution in [0.3, 0.4) is 0 Å². The molecule has 120 valence electrons. The van der Waals surface area contributed by atoms with E-state index in [0.717, 1.165) is 57.8 Å². The molecule has 0 spiro atoms. The molecule has 2 rings (SSSR count). The number of nitrogens with two attached hydrogens (primary N) is 1. The second-order valence-electron chi connectivity index (χ2n) is 7.40. The number of rotatable bonds is 3. The van der Waals surface area contributed by atoms with Crippen LogP contribution in [0.25, 0.3) is 0 Å². The summed E-state index contributed by atoms with van der Waals surface area (Å²) in [5.74, 6) is 0.267. The summed E-state index contributed by atoms with van der Waals surface area (Å²) in [5, 5.41) is 15.5. The maximum atomic E-state index is 12.8. The molecule has 5 nitrogen and oxygen atoms in total. The Morgan fingerprint density at radius 3 is 2.24 bits per heavy atom. The minimum atomic E-state index is -0.652. The first-order valence-electron chi connectivity index (χ1n) is 8.21. The Hall–Kier alpha value is -1.26. The maximum Gasteiger partial charge on any atom is 0.224 e. The van der Waals surface area contributed by atoms with E-state index in [9.17, 15) is 4.79 Å². The molecule has 2 aliphatic rings. The van der Waals surface area contributed by atoms with Crippen LogP contribution in [0.15, 0.2) is 5.16 Å². The highest BCUT2D eigenvalue weighted by Gasteiger charge is 2.44. The predicted octanol–water partition coefficient (Wildman–Crippen LogP) is 2.77. The number of nitrogens with one attached hydrogen (secondary N) is 1. The van der Waals surface area contributed by atoms with Gasteiger partial charge >= 0.3 is 0 Å². The van der Waals surface area contributed by atoms with Crippen molar-refractivity contribution in [3.63, 3.8) is 0 Å². The molecule has 0 radical (unpaired) electrons. The van der Waals surface area contributed by atoms with Gasteiger partial charge in [-0.25, -0.2) is 0 Å². The summed E-state index contributed by atoms with van der Waals surface area (Å²) in [6, 6.07) is 0. The van der Waals surface area contributed by atoms with Crippen LogP contribution in [0, 0.1) is 11.3 Å². The molecule has 0 heterocycles. The van der Waals surface area contributed by atoms with Crippen molar-refractivity contribution >= 4 is 11.7 Å². The Morgan fingerprint density at radius 1 is 1.14 bits per heavy atom. The van der Waals surface area contributed by atoms with Gasteiger partial charge < -0.3 is 16.3 Å². The van der Waals surface area contributed by atoms with Gasteiger partial charge in [0.1, 0.15) is 5.54 Å². The molecule has 5 heteroatoms. The van der Waals surface area contributed by atoms with Crippen LogP contribution in [0.5, 0.6) is 0 Å². The van der Waals surface area contributed by atoms with Crippen LogP contribution < -0.4 is 11.1 Å². The zero-order valence-electron chi connectivity index (χ0n) is 13.3. The van der Waals surface area contributed by atoms with Gasteiger partial charge in [-0.2, -0.15) is 0 Å². The molecule has 0 saturated heterocycles. The number of amides is 1. The van der Waals surface area contributed by atoms with Gasteiger partial charge in [0.2, 0.25) is 5.91 Å². The first kappa shape index (κ1) is 16.1. The largest absolute Gasteiger partial charge is 0.409 e. The molecule has 0 aromatic rings. The first-order chi connectivity index (χ1) is 9.91. The van der Waals surface area contributed by atoms with E-state index in [1.807, 2.05) is 0 Å². The second-order valence-corrected chi connectivity index (χ2v) is 7.40. The van der Waals surface area contributed by atoms with E-state index in [-0.39, 0.29) is 23.1 Å². The molecule has 21 heavy (non-hydrogen) atoms. The molecule has 0 bridgehead atoms. The molecule has 2 saturated carbocycles. The molecular weight excluding hydrogens is 266 g/mol. The average molecular weight is 295 g/mol. The second kappa shape index (κ2) is 6.24. The summed E-state index contributed by atoms with van der Waals surface area (Å²) in [6.07, 6.45) is 8.95. The summed E-state index contributed by atoms with van der Waals surface area (Å²) < 4.78 is 0. The van der Waals surface area contributed by atoms with Crippen LogP contribution in [-0.4, -0.2) is 22.5 Å². The molecule has 4 N–H and O–H groups in total. The predicted molar refractivity (Wildman–Crippen MR) is 83.1 cm³/mol. The van der Waals surface area contributed by atoms with Crippen molar-refractivity contribution in [1.29, 1.82) is 0 Å². The van der Waals surface area contributed by atoms with E-state index in [0.29, 0.717) is 0 Å². The van der Waals surface area contributed by atoms with E-state index >= 15 is 0 Å². The number of nitrogens with zero attached hydrogens (tertiary/aromatic N) is 1. The van der Waals surface area contributed by atoms with Gasteiger partial charge in [-0.1, -0.05) is 51.1 Å². The van der Waals surface area contributed by atoms with Gasteiger partial charge in [-0.05, 0) is 31.1 Å². The van der Waals surface area contributed by atoms with Gasteiger partial charge in [-0.3, -0.25) is 4.79 Å². The molecular formula is C16H29N3O2. The number of amidine groups is 1. The zero-order valence-corrected chi connectivity index (χ0v) is 13.3. The van der Waals surface area contributed by atoms with Crippen molar-refractivity contribution in [3.05, 3.63) is 0 Å². The number of hydrogen-bond donors (Lipinski definition) is 3. The van der Waals surface area contributed by atoms with Gasteiger partial charge in [-0.15, -0.1) is 0 Å². The minimum Gasteiger partial charge on any atom is -0.409 e. The van der Waals surface area contributed by atoms with Gasteiger partial charge in [0.25, 0.3) is 0 Å². The van der Waals surface area contributed by atoms with E-state index < -0.39 is 5.54 Å². The maximum absolute atomic E-state index is 12.8. The van der Waals surface area contributed by atoms with E-state index in [1.165, 1.54) is 0 Å². The molecule has 2 aliphatic carbocycles. The molecule has 1 amide bonds. The van der Waals surface area contributed by atoms with E-state index in [1.54, 1.807) is 0 Å². The van der Waals surface area contributed by atoms with Crippen molar-refractivity contribution in [1.82, 2.24) is 5.32 Å². The Kier molecular flexibility index (Phi) is 4.79. The van der Waals surface area contributed by atoms with E-state index in [2.05, 4.69) is 24.3 Å². The van der Waals surface area contributed by atoms with Crippen molar-refractivity contribution in [2.24, 2.45) is 22.2 Å². The van der Waals surface area contributed by atoms with Crippen LogP contribution in [0.4, 0.5) is 0 Å². The molecule has 2 fully saturated rings. The topological polar surface area (TPSA) is 87.7 Å². The fourth-order valence-corrected chi connectivity index (χ4v) is 4.01. The van der Waals surface area contributed by atoms with Crippen molar-refractivity contribution in [3.8, 4) is 0 Å². The Morgan fingerprint density at radius 2 is 1.76 bits per heavy atom. The van der Waals surface area contributed by atoms with Gasteiger partial charge in [0.15, 0.2) is 5.84 Å². The summed E-state index contributed by atoms with van der Waals surface area (Å²) in [5.41, 5.74) is 5.34. The third kappa shape index (κ3) is 3.33. The van der Waals surface area contributed by atoms with Crippen LogP contribution >= 0.6 is 0 Å². The van der Waals surface area contributed by atoms with Crippen LogP contribution in [0.2, 0.25) is 0 Å². The third-order valence-electron chi connectivity index (χ3n) is 5.49. The van der Waals surface area contributed by atoms with Gasteiger partial charge in [0.05, 0.1) is 0 Å². The number of carbonyl (C=O) groups excluding carboxylic acids is 1. The fourth-order valence-electron chi connectivity index (χ4n) is 4.01. The lowest BCUT2D eigenvalue weighted by atomic mass is 9.80. The molecule has 0 aromatic heterocycles. The standard InChI is InChI=1S/C16H29N3O2/c1-15(2)9-7-8-12(15)13(20)18-16(14(17)19-21)10-5-3-4-6-11-16/h12,21H,3-11H2,1-2H3,(H2,17,19)(H,18,20). The number of oxime groups is 1. The summed E-state index contributed by atoms with van der Waals surface area (Å²) >= 11 is 0. The monoisotopic (exact) mass is 295 g/mol. The molecule has 1 atom stereocenters. The number of carbonyl (C=O) groups is 1. The van der Waals surface area contributed by atoms with Crippen LogP contribution in [0.1, 0.15) is 71.6 Å². The van der Waals surface area contributed by atoms with Crippen molar-refractivity contribution < 1.29 is 10.0 Å². The molecule has 0 aliphatic heterocycles. The normalized spacial score (nSPS) is 28.9. The lowest BCUT2D eigenvalue weighted by Gasteiger charge is -2.36. The highest BCUT2D eigenvalue weighted by atomic mass is 16.4. The SMILES string of the molecule is CC1(C)CCCC1C(=O)NC1(C(N)=NO)CCCCCC1. The van der Waals surface area contributed by atoms with Gasteiger partial charge in [0, 0.05) is 5.92 Å². The summed E-state index contributed by atoms with van der Waals surface area (Å²) in [4.78, 5) is 12.8. The van der Waals surface area contributed by atoms with Crippen molar-refractivity contribution in [2.45, 2.75) is 77.2 Å². The summed E-state index contributed by atoms with van der Waals surface area (Å²) in [6.45, 7) is 4.32. The molecule has 0 aromatic carbocycles. The highest BCUT2D eigenvalue weighted by Crippen LogP contribution is 2.43. The lowest BCUT2D eigenvalue weighted by Crippen LogP contribution is -2.59. The first-order valence-corrected chi connectivity index (χ1v) is 8.21. The smallest absolute Gasteiger partial charge is 0.224 e. The third-order valence-corrected chi connectivity index (χ3v) is 5.49. The fraction of sp³-hybridized carbons (Fsp3) is 0.875. The Bertz CT molecular complexity index is 410. The van der Waals surface area contributed by atoms with E-state index in [4.69, 9.17) is 10.9 Å². The average Bonchev–Trinajstić information content (AvgIpc) is 2.65. The Labute approximate surface area is 127 Å². The zero-order chi connectivity index (χ0) is 15.5. The van der Waals surface area contributed by atoms with Crippen LogP contribution in [-0.2, 0) is 4.79 Å². The quantitative estimate of drug-likeness (QED) is 0.246. The highest BCUT2D eigenvalue weighted by molar-refractivity contribution is 5.94. The van der Waals surface area contributed by atoms with Crippen molar-refractivity contribution in [2.75, 3.05) is 0 Å². The minimum absolute atomic E-state index is 0.0316.